The molecule has 110 valence electrons. The van der Waals surface area contributed by atoms with Gasteiger partial charge in [-0.05, 0) is 12.1 Å². The number of hydrogen-bond acceptors (Lipinski definition) is 5. The molecule has 3 rings (SSSR count). The summed E-state index contributed by atoms with van der Waals surface area (Å²) in [5.74, 6) is -0.606. The predicted molar refractivity (Wildman–Crippen MR) is 78.7 cm³/mol. The largest absolute Gasteiger partial charge is 0.433 e. The second-order valence-corrected chi connectivity index (χ2v) is 4.38. The van der Waals surface area contributed by atoms with Crippen LogP contribution in [0.2, 0.25) is 0 Å². The summed E-state index contributed by atoms with van der Waals surface area (Å²) in [6, 6.07) is 9.97. The van der Waals surface area contributed by atoms with E-state index in [1.807, 2.05) is 24.3 Å². The molecule has 1 aromatic carbocycles. The predicted octanol–water partition coefficient (Wildman–Crippen LogP) is 2.43. The van der Waals surface area contributed by atoms with E-state index in [1.54, 1.807) is 6.20 Å². The number of furan rings is 1. The summed E-state index contributed by atoms with van der Waals surface area (Å²) in [5, 5.41) is 15.0. The molecule has 2 aromatic heterocycles. The monoisotopic (exact) mass is 298 g/mol. The highest BCUT2D eigenvalue weighted by molar-refractivity contribution is 6.06. The van der Waals surface area contributed by atoms with Crippen LogP contribution in [0, 0.1) is 10.1 Å². The van der Waals surface area contributed by atoms with E-state index in [2.05, 4.69) is 15.5 Å². The molecule has 2 heterocycles. The third kappa shape index (κ3) is 2.57. The molecule has 0 saturated heterocycles. The fraction of sp³-hybridized carbons (Fsp3) is 0. The van der Waals surface area contributed by atoms with Gasteiger partial charge in [0.05, 0.1) is 17.8 Å². The van der Waals surface area contributed by atoms with Gasteiger partial charge in [-0.1, -0.05) is 18.2 Å². The second kappa shape index (κ2) is 5.52. The van der Waals surface area contributed by atoms with Gasteiger partial charge in [0, 0.05) is 17.1 Å². The molecule has 1 amide bonds. The molecule has 0 saturated carbocycles. The first kappa shape index (κ1) is 13.6. The van der Waals surface area contributed by atoms with E-state index in [-0.39, 0.29) is 11.6 Å². The van der Waals surface area contributed by atoms with Crippen molar-refractivity contribution in [2.75, 3.05) is 0 Å². The van der Waals surface area contributed by atoms with Crippen LogP contribution in [0.5, 0.6) is 0 Å². The number of para-hydroxylation sites is 1. The molecule has 0 aliphatic carbocycles. The van der Waals surface area contributed by atoms with Crippen LogP contribution in [-0.4, -0.2) is 22.0 Å². The van der Waals surface area contributed by atoms with E-state index in [0.29, 0.717) is 5.56 Å². The number of benzene rings is 1. The maximum Gasteiger partial charge on any atom is 0.433 e. The van der Waals surface area contributed by atoms with E-state index >= 15 is 0 Å². The summed E-state index contributed by atoms with van der Waals surface area (Å²) >= 11 is 0. The summed E-state index contributed by atoms with van der Waals surface area (Å²) in [6.07, 6.45) is 2.78. The van der Waals surface area contributed by atoms with Gasteiger partial charge < -0.3 is 9.40 Å². The summed E-state index contributed by atoms with van der Waals surface area (Å²) < 4.78 is 4.88. The third-order valence-electron chi connectivity index (χ3n) is 2.98. The Hall–Kier alpha value is -3.42. The lowest BCUT2D eigenvalue weighted by atomic mass is 10.2. The Balaban J connectivity index is 1.71. The number of carbonyl (C=O) groups is 1. The number of nitrogens with zero attached hydrogens (tertiary/aromatic N) is 2. The number of carbonyl (C=O) groups excluding carboxylic acids is 1. The van der Waals surface area contributed by atoms with Crippen molar-refractivity contribution in [3.05, 3.63) is 64.0 Å². The zero-order valence-electron chi connectivity index (χ0n) is 11.1. The minimum atomic E-state index is -0.651. The Morgan fingerprint density at radius 3 is 2.91 bits per heavy atom. The third-order valence-corrected chi connectivity index (χ3v) is 2.98. The van der Waals surface area contributed by atoms with E-state index in [0.717, 1.165) is 10.9 Å². The molecule has 0 radical (unpaired) electrons. The SMILES string of the molecule is O=C(NN=Cc1ccc([N+](=O)[O-])o1)c1c[nH]c2ccccc12. The highest BCUT2D eigenvalue weighted by atomic mass is 16.6. The van der Waals surface area contributed by atoms with Crippen molar-refractivity contribution in [1.29, 1.82) is 0 Å². The van der Waals surface area contributed by atoms with Crippen molar-refractivity contribution in [3.63, 3.8) is 0 Å². The number of aromatic amines is 1. The Labute approximate surface area is 123 Å². The number of nitrogens with one attached hydrogen (secondary N) is 2. The van der Waals surface area contributed by atoms with Gasteiger partial charge in [-0.15, -0.1) is 0 Å². The van der Waals surface area contributed by atoms with Gasteiger partial charge in [-0.25, -0.2) is 5.43 Å². The fourth-order valence-corrected chi connectivity index (χ4v) is 1.98. The topological polar surface area (TPSA) is 114 Å². The van der Waals surface area contributed by atoms with Crippen LogP contribution in [0.15, 0.2) is 52.1 Å². The molecule has 0 aliphatic rings. The summed E-state index contributed by atoms with van der Waals surface area (Å²) in [6.45, 7) is 0. The van der Waals surface area contributed by atoms with Crippen LogP contribution in [0.25, 0.3) is 10.9 Å². The Morgan fingerprint density at radius 1 is 1.32 bits per heavy atom. The normalized spacial score (nSPS) is 11.1. The maximum absolute atomic E-state index is 12.0. The lowest BCUT2D eigenvalue weighted by Gasteiger charge is -1.97. The molecule has 0 unspecified atom stereocenters. The average molecular weight is 298 g/mol. The molecular weight excluding hydrogens is 288 g/mol. The van der Waals surface area contributed by atoms with Gasteiger partial charge in [0.15, 0.2) is 5.76 Å². The number of amides is 1. The van der Waals surface area contributed by atoms with Crippen LogP contribution in [-0.2, 0) is 0 Å². The summed E-state index contributed by atoms with van der Waals surface area (Å²) in [4.78, 5) is 24.8. The quantitative estimate of drug-likeness (QED) is 0.437. The van der Waals surface area contributed by atoms with Crippen molar-refractivity contribution in [2.45, 2.75) is 0 Å². The molecular formula is C14H10N4O4. The molecule has 8 heteroatoms. The van der Waals surface area contributed by atoms with Crippen LogP contribution in [0.3, 0.4) is 0 Å². The molecule has 0 aliphatic heterocycles. The molecule has 22 heavy (non-hydrogen) atoms. The van der Waals surface area contributed by atoms with E-state index in [4.69, 9.17) is 4.42 Å². The van der Waals surface area contributed by atoms with Crippen LogP contribution in [0.1, 0.15) is 16.1 Å². The summed E-state index contributed by atoms with van der Waals surface area (Å²) in [7, 11) is 0. The number of hydrazone groups is 1. The number of fused-ring (bicyclic) bond motifs is 1. The Morgan fingerprint density at radius 2 is 2.14 bits per heavy atom. The molecule has 0 bridgehead atoms. The number of H-pyrrole nitrogens is 1. The van der Waals surface area contributed by atoms with Crippen molar-refractivity contribution in [3.8, 4) is 0 Å². The highest BCUT2D eigenvalue weighted by Crippen LogP contribution is 2.17. The second-order valence-electron chi connectivity index (χ2n) is 4.38. The maximum atomic E-state index is 12.0. The smallest absolute Gasteiger partial charge is 0.400 e. The number of aromatic nitrogens is 1. The molecule has 3 aromatic rings. The van der Waals surface area contributed by atoms with Gasteiger partial charge in [-0.3, -0.25) is 14.9 Å². The van der Waals surface area contributed by atoms with Crippen LogP contribution in [0.4, 0.5) is 5.88 Å². The standard InChI is InChI=1S/C14H10N4O4/c19-14(11-8-15-12-4-2-1-3-10(11)12)17-16-7-9-5-6-13(22-9)18(20)21/h1-8,15H,(H,17,19). The van der Waals surface area contributed by atoms with E-state index in [1.165, 1.54) is 18.3 Å². The van der Waals surface area contributed by atoms with Gasteiger partial charge in [0.1, 0.15) is 4.92 Å². The molecule has 2 N–H and O–H groups in total. The van der Waals surface area contributed by atoms with Gasteiger partial charge in [-0.2, -0.15) is 5.10 Å². The summed E-state index contributed by atoms with van der Waals surface area (Å²) in [5.41, 5.74) is 3.65. The Bertz CT molecular complexity index is 878. The average Bonchev–Trinajstić information content (AvgIpc) is 3.13. The number of rotatable bonds is 4. The van der Waals surface area contributed by atoms with Crippen molar-refractivity contribution in [1.82, 2.24) is 10.4 Å². The van der Waals surface area contributed by atoms with Crippen molar-refractivity contribution in [2.24, 2.45) is 5.10 Å². The van der Waals surface area contributed by atoms with Gasteiger partial charge >= 0.3 is 5.88 Å². The van der Waals surface area contributed by atoms with Crippen molar-refractivity contribution >= 4 is 28.9 Å². The molecule has 8 nitrogen and oxygen atoms in total. The van der Waals surface area contributed by atoms with Gasteiger partial charge in [0.2, 0.25) is 0 Å². The van der Waals surface area contributed by atoms with Crippen LogP contribution < -0.4 is 5.43 Å². The zero-order valence-corrected chi connectivity index (χ0v) is 11.1. The first-order chi connectivity index (χ1) is 10.6. The first-order valence-electron chi connectivity index (χ1n) is 6.29. The lowest BCUT2D eigenvalue weighted by Crippen LogP contribution is -2.17. The first-order valence-corrected chi connectivity index (χ1v) is 6.29. The van der Waals surface area contributed by atoms with E-state index < -0.39 is 10.8 Å². The lowest BCUT2D eigenvalue weighted by molar-refractivity contribution is -0.402. The number of hydrogen-bond donors (Lipinski definition) is 2. The molecule has 0 spiro atoms. The zero-order chi connectivity index (χ0) is 15.5. The number of nitro groups is 1. The van der Waals surface area contributed by atoms with E-state index in [9.17, 15) is 14.9 Å². The van der Waals surface area contributed by atoms with Crippen LogP contribution >= 0.6 is 0 Å². The highest BCUT2D eigenvalue weighted by Gasteiger charge is 2.12. The Kier molecular flexibility index (Phi) is 3.40. The minimum Gasteiger partial charge on any atom is -0.400 e. The minimum absolute atomic E-state index is 0.172. The van der Waals surface area contributed by atoms with Gasteiger partial charge in [0.25, 0.3) is 5.91 Å². The molecule has 0 fully saturated rings. The fourth-order valence-electron chi connectivity index (χ4n) is 1.98. The molecule has 0 atom stereocenters. The van der Waals surface area contributed by atoms with Crippen molar-refractivity contribution < 1.29 is 14.1 Å².